The highest BCUT2D eigenvalue weighted by Crippen LogP contribution is 2.14. The number of nitrogens with zero attached hydrogens (tertiary/aromatic N) is 5. The van der Waals surface area contributed by atoms with Gasteiger partial charge in [0.25, 0.3) is 17.0 Å². The van der Waals surface area contributed by atoms with E-state index in [1.165, 1.54) is 35.7 Å². The molecular formula is C22H22N6O4. The predicted octanol–water partition coefficient (Wildman–Crippen LogP) is 0.919. The first kappa shape index (κ1) is 21.2. The van der Waals surface area contributed by atoms with E-state index < -0.39 is 17.2 Å². The van der Waals surface area contributed by atoms with E-state index in [0.29, 0.717) is 16.7 Å². The largest absolute Gasteiger partial charge is 0.332 e. The average molecular weight is 434 g/mol. The lowest BCUT2D eigenvalue weighted by Crippen LogP contribution is -2.39. The number of hydrogen-bond acceptors (Lipinski definition) is 6. The number of H-pyrrole nitrogens is 1. The van der Waals surface area contributed by atoms with Crippen molar-refractivity contribution in [3.05, 3.63) is 79.1 Å². The first-order valence-electron chi connectivity index (χ1n) is 10.0. The van der Waals surface area contributed by atoms with E-state index in [9.17, 15) is 19.2 Å². The number of fused-ring (bicyclic) bond motifs is 2. The fourth-order valence-corrected chi connectivity index (χ4v) is 3.58. The van der Waals surface area contributed by atoms with E-state index in [4.69, 9.17) is 0 Å². The van der Waals surface area contributed by atoms with Crippen molar-refractivity contribution in [2.45, 2.75) is 26.4 Å². The fraction of sp³-hybridized carbons (Fsp3) is 0.273. The third kappa shape index (κ3) is 3.49. The Morgan fingerprint density at radius 2 is 1.72 bits per heavy atom. The number of aromatic amines is 1. The molecule has 10 heteroatoms. The molecule has 0 saturated carbocycles. The number of rotatable bonds is 4. The van der Waals surface area contributed by atoms with Crippen LogP contribution in [-0.4, -0.2) is 40.9 Å². The van der Waals surface area contributed by atoms with Gasteiger partial charge in [0.1, 0.15) is 17.2 Å². The molecule has 0 fully saturated rings. The molecule has 1 amide bonds. The van der Waals surface area contributed by atoms with Gasteiger partial charge in [0.05, 0.1) is 22.8 Å². The maximum Gasteiger partial charge on any atom is 0.332 e. The van der Waals surface area contributed by atoms with Gasteiger partial charge in [0.15, 0.2) is 0 Å². The number of aromatic nitrogens is 5. The molecule has 0 bridgehead atoms. The molecule has 4 aromatic rings. The number of nitrogens with one attached hydrogen (secondary N) is 1. The van der Waals surface area contributed by atoms with Gasteiger partial charge >= 0.3 is 5.69 Å². The molecule has 0 atom stereocenters. The zero-order valence-corrected chi connectivity index (χ0v) is 18.1. The van der Waals surface area contributed by atoms with Crippen molar-refractivity contribution >= 4 is 27.8 Å². The molecule has 10 nitrogen and oxygen atoms in total. The minimum atomic E-state index is -0.529. The van der Waals surface area contributed by atoms with Crippen LogP contribution in [0.2, 0.25) is 0 Å². The number of benzene rings is 1. The Labute approximate surface area is 181 Å². The Kier molecular flexibility index (Phi) is 5.21. The lowest BCUT2D eigenvalue weighted by atomic mass is 10.2. The summed E-state index contributed by atoms with van der Waals surface area (Å²) in [6, 6.07) is 9.69. The maximum atomic E-state index is 13.3. The van der Waals surface area contributed by atoms with Crippen molar-refractivity contribution < 1.29 is 4.79 Å². The molecule has 32 heavy (non-hydrogen) atoms. The van der Waals surface area contributed by atoms with Crippen LogP contribution in [0.15, 0.2) is 50.8 Å². The van der Waals surface area contributed by atoms with Gasteiger partial charge in [-0.05, 0) is 38.1 Å². The summed E-state index contributed by atoms with van der Waals surface area (Å²) in [7, 11) is 2.89. The van der Waals surface area contributed by atoms with Gasteiger partial charge in [0.2, 0.25) is 0 Å². The van der Waals surface area contributed by atoms with Crippen LogP contribution in [0.4, 0.5) is 0 Å². The second kappa shape index (κ2) is 7.88. The van der Waals surface area contributed by atoms with Crippen molar-refractivity contribution in [3.8, 4) is 0 Å². The molecule has 0 spiro atoms. The number of carbonyl (C=O) groups is 1. The van der Waals surface area contributed by atoms with Crippen molar-refractivity contribution in [1.82, 2.24) is 29.0 Å². The number of hydrogen-bond donors (Lipinski definition) is 1. The molecule has 0 radical (unpaired) electrons. The van der Waals surface area contributed by atoms with Crippen molar-refractivity contribution in [2.75, 3.05) is 0 Å². The normalized spacial score (nSPS) is 11.4. The molecule has 0 saturated heterocycles. The van der Waals surface area contributed by atoms with Crippen LogP contribution >= 0.6 is 0 Å². The number of amides is 1. The first-order chi connectivity index (χ1) is 15.2. The molecule has 164 valence electrons. The Morgan fingerprint density at radius 1 is 1.00 bits per heavy atom. The molecule has 3 heterocycles. The monoisotopic (exact) mass is 434 g/mol. The Morgan fingerprint density at radius 3 is 2.44 bits per heavy atom. The SMILES string of the molecule is CC(C)N(Cc1nc2ccccc2c(=O)[nH]1)C(=O)c1ccc2c(=O)n(C)c(=O)n(C)c2n1. The van der Waals surface area contributed by atoms with Crippen molar-refractivity contribution in [1.29, 1.82) is 0 Å². The number of para-hydroxylation sites is 1. The standard InChI is InChI=1S/C22H22N6O4/c1-12(2)28(11-17-23-15-8-6-5-7-13(15)19(29)25-17)21(31)16-10-9-14-18(24-16)26(3)22(32)27(4)20(14)30/h5-10,12H,11H2,1-4H3,(H,23,25,29). The Bertz CT molecular complexity index is 1550. The second-order valence-electron chi connectivity index (χ2n) is 7.83. The molecule has 3 aromatic heterocycles. The zero-order valence-electron chi connectivity index (χ0n) is 18.1. The van der Waals surface area contributed by atoms with Crippen molar-refractivity contribution in [2.24, 2.45) is 14.1 Å². The summed E-state index contributed by atoms with van der Waals surface area (Å²) in [6.07, 6.45) is 0. The van der Waals surface area contributed by atoms with Gasteiger partial charge in [-0.1, -0.05) is 12.1 Å². The van der Waals surface area contributed by atoms with E-state index in [2.05, 4.69) is 15.0 Å². The van der Waals surface area contributed by atoms with E-state index in [0.717, 1.165) is 4.57 Å². The predicted molar refractivity (Wildman–Crippen MR) is 120 cm³/mol. The minimum absolute atomic E-state index is 0.0613. The van der Waals surface area contributed by atoms with Crippen LogP contribution in [0.3, 0.4) is 0 Å². The van der Waals surface area contributed by atoms with E-state index in [-0.39, 0.29) is 34.9 Å². The topological polar surface area (TPSA) is 123 Å². The Balaban J connectivity index is 1.76. The highest BCUT2D eigenvalue weighted by atomic mass is 16.2. The molecular weight excluding hydrogens is 412 g/mol. The van der Waals surface area contributed by atoms with Crippen LogP contribution in [0.25, 0.3) is 21.9 Å². The van der Waals surface area contributed by atoms with E-state index in [1.807, 2.05) is 13.8 Å². The van der Waals surface area contributed by atoms with Gasteiger partial charge in [-0.3, -0.25) is 23.5 Å². The quantitative estimate of drug-likeness (QED) is 0.510. The first-order valence-corrected chi connectivity index (χ1v) is 10.0. The van der Waals surface area contributed by atoms with Gasteiger partial charge in [-0.2, -0.15) is 0 Å². The van der Waals surface area contributed by atoms with Crippen LogP contribution in [-0.2, 0) is 20.6 Å². The summed E-state index contributed by atoms with van der Waals surface area (Å²) in [5, 5.41) is 0.708. The third-order valence-corrected chi connectivity index (χ3v) is 5.39. The van der Waals surface area contributed by atoms with E-state index in [1.54, 1.807) is 24.3 Å². The minimum Gasteiger partial charge on any atom is -0.327 e. The molecule has 0 aliphatic heterocycles. The lowest BCUT2D eigenvalue weighted by Gasteiger charge is -2.26. The Hall–Kier alpha value is -4.08. The number of carbonyl (C=O) groups excluding carboxylic acids is 1. The van der Waals surface area contributed by atoms with Crippen LogP contribution < -0.4 is 16.8 Å². The van der Waals surface area contributed by atoms with Gasteiger partial charge in [0, 0.05) is 20.1 Å². The van der Waals surface area contributed by atoms with Gasteiger partial charge in [-0.15, -0.1) is 0 Å². The maximum absolute atomic E-state index is 13.3. The van der Waals surface area contributed by atoms with Crippen LogP contribution in [0.5, 0.6) is 0 Å². The average Bonchev–Trinajstić information content (AvgIpc) is 2.79. The summed E-state index contributed by atoms with van der Waals surface area (Å²) in [5.41, 5.74) is -0.539. The van der Waals surface area contributed by atoms with E-state index >= 15 is 0 Å². The number of aryl methyl sites for hydroxylation is 1. The zero-order chi connectivity index (χ0) is 23.2. The second-order valence-corrected chi connectivity index (χ2v) is 7.83. The molecule has 0 aliphatic rings. The summed E-state index contributed by atoms with van der Waals surface area (Å²) in [5.74, 6) is -0.0661. The summed E-state index contributed by atoms with van der Waals surface area (Å²) >= 11 is 0. The summed E-state index contributed by atoms with van der Waals surface area (Å²) in [6.45, 7) is 3.74. The lowest BCUT2D eigenvalue weighted by molar-refractivity contribution is 0.0679. The smallest absolute Gasteiger partial charge is 0.327 e. The molecule has 0 aliphatic carbocycles. The molecule has 4 rings (SSSR count). The van der Waals surface area contributed by atoms with Crippen LogP contribution in [0.1, 0.15) is 30.2 Å². The molecule has 1 N–H and O–H groups in total. The van der Waals surface area contributed by atoms with Crippen molar-refractivity contribution in [3.63, 3.8) is 0 Å². The third-order valence-electron chi connectivity index (χ3n) is 5.39. The summed E-state index contributed by atoms with van der Waals surface area (Å²) < 4.78 is 2.23. The number of pyridine rings is 1. The highest BCUT2D eigenvalue weighted by molar-refractivity contribution is 5.94. The fourth-order valence-electron chi connectivity index (χ4n) is 3.58. The molecule has 1 aromatic carbocycles. The van der Waals surface area contributed by atoms with Gasteiger partial charge < -0.3 is 9.88 Å². The van der Waals surface area contributed by atoms with Crippen LogP contribution in [0, 0.1) is 0 Å². The molecule has 0 unspecified atom stereocenters. The summed E-state index contributed by atoms with van der Waals surface area (Å²) in [4.78, 5) is 63.4. The van der Waals surface area contributed by atoms with Gasteiger partial charge in [-0.25, -0.2) is 14.8 Å². The highest BCUT2D eigenvalue weighted by Gasteiger charge is 2.23.